The molecule has 0 saturated carbocycles. The first-order valence-electron chi connectivity index (χ1n) is 5.28. The second-order valence-corrected chi connectivity index (χ2v) is 4.43. The summed E-state index contributed by atoms with van der Waals surface area (Å²) in [6.45, 7) is 0. The van der Waals surface area contributed by atoms with Crippen molar-refractivity contribution < 1.29 is 18.8 Å². The number of amides is 2. The molecule has 0 aliphatic heterocycles. The number of furan rings is 1. The second-order valence-electron chi connectivity index (χ2n) is 3.62. The van der Waals surface area contributed by atoms with Crippen LogP contribution in [0.25, 0.3) is 0 Å². The van der Waals surface area contributed by atoms with Crippen LogP contribution < -0.4 is 10.8 Å². The predicted molar refractivity (Wildman–Crippen MR) is 72.6 cm³/mol. The van der Waals surface area contributed by atoms with Crippen molar-refractivity contribution in [1.82, 2.24) is 0 Å². The van der Waals surface area contributed by atoms with Gasteiger partial charge < -0.3 is 15.0 Å². The Morgan fingerprint density at radius 1 is 1.20 bits per heavy atom. The highest BCUT2D eigenvalue weighted by atomic mass is 35.5. The van der Waals surface area contributed by atoms with E-state index in [1.807, 2.05) is 0 Å². The van der Waals surface area contributed by atoms with Crippen LogP contribution in [0.2, 0.25) is 10.0 Å². The molecule has 1 heterocycles. The number of carbonyl (C=O) groups excluding carboxylic acids is 2. The van der Waals surface area contributed by atoms with Crippen molar-refractivity contribution >= 4 is 40.9 Å². The quantitative estimate of drug-likeness (QED) is 0.862. The van der Waals surface area contributed by atoms with Crippen molar-refractivity contribution in [2.45, 2.75) is 0 Å². The minimum atomic E-state index is -1.15. The van der Waals surface area contributed by atoms with Crippen LogP contribution in [-0.2, 0) is 4.84 Å². The van der Waals surface area contributed by atoms with Crippen LogP contribution >= 0.6 is 23.2 Å². The predicted octanol–water partition coefficient (Wildman–Crippen LogP) is 3.24. The van der Waals surface area contributed by atoms with E-state index < -0.39 is 12.0 Å². The second kappa shape index (κ2) is 5.85. The molecule has 0 fully saturated rings. The molecule has 0 unspecified atom stereocenters. The Kier molecular flexibility index (Phi) is 4.16. The van der Waals surface area contributed by atoms with Crippen molar-refractivity contribution in [2.75, 3.05) is 5.06 Å². The van der Waals surface area contributed by atoms with E-state index in [2.05, 4.69) is 0 Å². The third kappa shape index (κ3) is 3.04. The standard InChI is InChI=1S/C12H8Cl2N2O4/c13-9-2-1-8(5-10(9)14)16(20-12(15)18)11(17)7-3-4-19-6-7/h1-6H,(H2,15,18). The van der Waals surface area contributed by atoms with Crippen molar-refractivity contribution in [3.8, 4) is 0 Å². The Morgan fingerprint density at radius 3 is 2.50 bits per heavy atom. The van der Waals surface area contributed by atoms with Gasteiger partial charge in [0.15, 0.2) is 0 Å². The van der Waals surface area contributed by atoms with Gasteiger partial charge in [0.25, 0.3) is 5.91 Å². The first-order valence-corrected chi connectivity index (χ1v) is 6.03. The van der Waals surface area contributed by atoms with Gasteiger partial charge in [0.05, 0.1) is 27.6 Å². The summed E-state index contributed by atoms with van der Waals surface area (Å²) in [6.07, 6.45) is 1.37. The van der Waals surface area contributed by atoms with Crippen LogP contribution in [0.5, 0.6) is 0 Å². The fourth-order valence-electron chi connectivity index (χ4n) is 1.42. The van der Waals surface area contributed by atoms with Crippen LogP contribution in [0.3, 0.4) is 0 Å². The summed E-state index contributed by atoms with van der Waals surface area (Å²) in [5.41, 5.74) is 5.33. The molecule has 0 radical (unpaired) electrons. The maximum absolute atomic E-state index is 12.2. The Bertz CT molecular complexity index is 643. The molecule has 0 saturated heterocycles. The van der Waals surface area contributed by atoms with Crippen molar-refractivity contribution in [3.05, 3.63) is 52.4 Å². The van der Waals surface area contributed by atoms with Crippen LogP contribution in [-0.4, -0.2) is 12.0 Å². The smallest absolute Gasteiger partial charge is 0.429 e. The maximum atomic E-state index is 12.2. The molecule has 20 heavy (non-hydrogen) atoms. The zero-order chi connectivity index (χ0) is 14.7. The molecule has 0 bridgehead atoms. The van der Waals surface area contributed by atoms with E-state index in [4.69, 9.17) is 38.2 Å². The molecular weight excluding hydrogens is 307 g/mol. The van der Waals surface area contributed by atoms with Gasteiger partial charge in [-0.05, 0) is 24.3 Å². The average Bonchev–Trinajstić information content (AvgIpc) is 2.92. The summed E-state index contributed by atoms with van der Waals surface area (Å²) in [7, 11) is 0. The van der Waals surface area contributed by atoms with Crippen LogP contribution in [0.1, 0.15) is 10.4 Å². The molecule has 1 aromatic carbocycles. The van der Waals surface area contributed by atoms with E-state index in [0.717, 1.165) is 0 Å². The molecule has 1 aromatic heterocycles. The summed E-state index contributed by atoms with van der Waals surface area (Å²) in [6, 6.07) is 5.69. The van der Waals surface area contributed by atoms with Crippen molar-refractivity contribution in [1.29, 1.82) is 0 Å². The number of rotatable bonds is 2. The first kappa shape index (κ1) is 14.2. The van der Waals surface area contributed by atoms with Crippen molar-refractivity contribution in [3.63, 3.8) is 0 Å². The minimum absolute atomic E-state index is 0.178. The van der Waals surface area contributed by atoms with Gasteiger partial charge in [0.2, 0.25) is 0 Å². The molecule has 8 heteroatoms. The summed E-state index contributed by atoms with van der Waals surface area (Å²) < 4.78 is 4.80. The lowest BCUT2D eigenvalue weighted by molar-refractivity contribution is 0.0792. The number of halogens is 2. The Labute approximate surface area is 123 Å². The normalized spacial score (nSPS) is 10.1. The number of nitrogens with zero attached hydrogens (tertiary/aromatic N) is 1. The fraction of sp³-hybridized carbons (Fsp3) is 0. The van der Waals surface area contributed by atoms with E-state index in [0.29, 0.717) is 10.1 Å². The largest absolute Gasteiger partial charge is 0.472 e. The zero-order valence-electron chi connectivity index (χ0n) is 9.88. The number of benzene rings is 1. The number of carbonyl (C=O) groups is 2. The lowest BCUT2D eigenvalue weighted by atomic mass is 10.2. The Morgan fingerprint density at radius 2 is 1.95 bits per heavy atom. The summed E-state index contributed by atoms with van der Waals surface area (Å²) in [5.74, 6) is -0.643. The fourth-order valence-corrected chi connectivity index (χ4v) is 1.71. The van der Waals surface area contributed by atoms with Gasteiger partial charge in [-0.25, -0.2) is 4.79 Å². The molecule has 6 nitrogen and oxygen atoms in total. The molecule has 2 rings (SSSR count). The van der Waals surface area contributed by atoms with Gasteiger partial charge in [0, 0.05) is 0 Å². The van der Waals surface area contributed by atoms with Gasteiger partial charge in [-0.3, -0.25) is 4.79 Å². The van der Waals surface area contributed by atoms with E-state index in [1.54, 1.807) is 0 Å². The summed E-state index contributed by atoms with van der Waals surface area (Å²) >= 11 is 11.7. The Balaban J connectivity index is 2.39. The van der Waals surface area contributed by atoms with Gasteiger partial charge >= 0.3 is 6.09 Å². The number of hydrogen-bond acceptors (Lipinski definition) is 4. The van der Waals surface area contributed by atoms with E-state index in [-0.39, 0.29) is 16.3 Å². The average molecular weight is 315 g/mol. The highest BCUT2D eigenvalue weighted by molar-refractivity contribution is 6.42. The number of hydroxylamine groups is 1. The Hall–Kier alpha value is -2.18. The van der Waals surface area contributed by atoms with E-state index in [9.17, 15) is 9.59 Å². The lowest BCUT2D eigenvalue weighted by Gasteiger charge is -2.19. The van der Waals surface area contributed by atoms with Crippen LogP contribution in [0.15, 0.2) is 41.2 Å². The summed E-state index contributed by atoms with van der Waals surface area (Å²) in [4.78, 5) is 27.8. The molecule has 0 aliphatic carbocycles. The highest BCUT2D eigenvalue weighted by Gasteiger charge is 2.23. The molecular formula is C12H8Cl2N2O4. The number of hydrogen-bond donors (Lipinski definition) is 1. The number of primary amides is 1. The number of anilines is 1. The molecule has 2 N–H and O–H groups in total. The van der Waals surface area contributed by atoms with Crippen molar-refractivity contribution in [2.24, 2.45) is 5.73 Å². The van der Waals surface area contributed by atoms with Crippen LogP contribution in [0, 0.1) is 0 Å². The monoisotopic (exact) mass is 314 g/mol. The highest BCUT2D eigenvalue weighted by Crippen LogP contribution is 2.28. The molecule has 0 spiro atoms. The zero-order valence-corrected chi connectivity index (χ0v) is 11.4. The van der Waals surface area contributed by atoms with Gasteiger partial charge in [-0.1, -0.05) is 23.2 Å². The first-order chi connectivity index (χ1) is 9.49. The molecule has 104 valence electrons. The number of nitrogens with two attached hydrogens (primary N) is 1. The molecule has 0 aliphatic rings. The molecule has 0 atom stereocenters. The third-order valence-electron chi connectivity index (χ3n) is 2.27. The molecule has 2 amide bonds. The SMILES string of the molecule is NC(=O)ON(C(=O)c1ccoc1)c1ccc(Cl)c(Cl)c1. The van der Waals surface area contributed by atoms with Gasteiger partial charge in [-0.15, -0.1) is 5.06 Å². The van der Waals surface area contributed by atoms with E-state index in [1.165, 1.54) is 36.8 Å². The third-order valence-corrected chi connectivity index (χ3v) is 3.01. The summed E-state index contributed by atoms with van der Waals surface area (Å²) in [5, 5.41) is 1.20. The minimum Gasteiger partial charge on any atom is -0.472 e. The lowest BCUT2D eigenvalue weighted by Crippen LogP contribution is -2.35. The maximum Gasteiger partial charge on any atom is 0.429 e. The van der Waals surface area contributed by atoms with Gasteiger partial charge in [-0.2, -0.15) is 0 Å². The van der Waals surface area contributed by atoms with E-state index >= 15 is 0 Å². The topological polar surface area (TPSA) is 85.8 Å². The van der Waals surface area contributed by atoms with Crippen LogP contribution in [0.4, 0.5) is 10.5 Å². The van der Waals surface area contributed by atoms with Gasteiger partial charge in [0.1, 0.15) is 6.26 Å². The molecule has 2 aromatic rings.